The zero-order valence-corrected chi connectivity index (χ0v) is 13.9. The van der Waals surface area contributed by atoms with Gasteiger partial charge in [0, 0.05) is 17.5 Å². The summed E-state index contributed by atoms with van der Waals surface area (Å²) in [6, 6.07) is 3.52. The number of hydrogen-bond acceptors (Lipinski definition) is 4. The van der Waals surface area contributed by atoms with Gasteiger partial charge < -0.3 is 10.3 Å². The lowest BCUT2D eigenvalue weighted by atomic mass is 9.97. The number of aromatic nitrogens is 1. The summed E-state index contributed by atoms with van der Waals surface area (Å²) in [6.07, 6.45) is 4.83. The van der Waals surface area contributed by atoms with Crippen LogP contribution >= 0.6 is 11.3 Å². The molecule has 6 heteroatoms. The van der Waals surface area contributed by atoms with Gasteiger partial charge in [-0.2, -0.15) is 11.3 Å². The minimum Gasteiger partial charge on any atom is -0.329 e. The number of pyridine rings is 1. The van der Waals surface area contributed by atoms with Gasteiger partial charge in [0.2, 0.25) is 5.91 Å². The predicted octanol–water partition coefficient (Wildman–Crippen LogP) is 2.14. The molecule has 2 aromatic rings. The second kappa shape index (κ2) is 6.52. The highest BCUT2D eigenvalue weighted by Crippen LogP contribution is 2.23. The first-order valence-electron chi connectivity index (χ1n) is 7.47. The van der Waals surface area contributed by atoms with Crippen LogP contribution in [0.4, 0.5) is 0 Å². The molecule has 3 rings (SSSR count). The summed E-state index contributed by atoms with van der Waals surface area (Å²) >= 11 is 1.58. The Morgan fingerprint density at radius 2 is 2.17 bits per heavy atom. The molecule has 1 atom stereocenters. The molecular weight excluding hydrogens is 310 g/mol. The number of H-pyrrole nitrogens is 1. The fourth-order valence-electron chi connectivity index (χ4n) is 2.88. The molecule has 1 unspecified atom stereocenters. The number of thiophene rings is 1. The van der Waals surface area contributed by atoms with Crippen LogP contribution in [0.1, 0.15) is 29.2 Å². The van der Waals surface area contributed by atoms with E-state index < -0.39 is 0 Å². The topological polar surface area (TPSA) is 65.2 Å². The highest BCUT2D eigenvalue weighted by atomic mass is 32.1. The number of nitrogens with zero attached hydrogens (tertiary/aromatic N) is 1. The van der Waals surface area contributed by atoms with E-state index in [-0.39, 0.29) is 17.5 Å². The molecule has 1 amide bonds. The lowest BCUT2D eigenvalue weighted by molar-refractivity contribution is -0.125. The fraction of sp³-hybridized carbons (Fsp3) is 0.294. The molecule has 0 spiro atoms. The van der Waals surface area contributed by atoms with Crippen molar-refractivity contribution in [3.05, 3.63) is 61.8 Å². The summed E-state index contributed by atoms with van der Waals surface area (Å²) in [6.45, 7) is 0. The average Bonchev–Trinajstić information content (AvgIpc) is 3.01. The molecule has 0 aromatic carbocycles. The van der Waals surface area contributed by atoms with Crippen molar-refractivity contribution in [2.75, 3.05) is 14.1 Å². The molecule has 120 valence electrons. The summed E-state index contributed by atoms with van der Waals surface area (Å²) in [5, 5.41) is 6.99. The fourth-order valence-corrected chi connectivity index (χ4v) is 3.56. The van der Waals surface area contributed by atoms with E-state index in [1.165, 1.54) is 0 Å². The Balaban J connectivity index is 1.82. The second-order valence-electron chi connectivity index (χ2n) is 5.82. The van der Waals surface area contributed by atoms with Crippen molar-refractivity contribution in [1.29, 1.82) is 0 Å². The Hall–Kier alpha value is -2.18. The van der Waals surface area contributed by atoms with Crippen LogP contribution in [0.3, 0.4) is 0 Å². The van der Waals surface area contributed by atoms with E-state index in [0.29, 0.717) is 12.8 Å². The summed E-state index contributed by atoms with van der Waals surface area (Å²) in [5.74, 6) is -0.0482. The Kier molecular flexibility index (Phi) is 4.45. The number of carbonyl (C=O) groups excluding carboxylic acids is 1. The Morgan fingerprint density at radius 1 is 1.35 bits per heavy atom. The molecule has 0 fully saturated rings. The molecule has 23 heavy (non-hydrogen) atoms. The van der Waals surface area contributed by atoms with E-state index >= 15 is 0 Å². The third kappa shape index (κ3) is 3.28. The predicted molar refractivity (Wildman–Crippen MR) is 92.3 cm³/mol. The molecule has 0 bridgehead atoms. The zero-order valence-electron chi connectivity index (χ0n) is 13.1. The first-order chi connectivity index (χ1) is 11.1. The molecule has 2 heterocycles. The van der Waals surface area contributed by atoms with Crippen LogP contribution in [0.5, 0.6) is 0 Å². The first-order valence-corrected chi connectivity index (χ1v) is 8.41. The van der Waals surface area contributed by atoms with Crippen molar-refractivity contribution in [1.82, 2.24) is 15.2 Å². The number of rotatable bonds is 4. The quantitative estimate of drug-likeness (QED) is 0.903. The number of fused-ring (bicyclic) bond motifs is 1. The van der Waals surface area contributed by atoms with Gasteiger partial charge in [-0.15, -0.1) is 0 Å². The van der Waals surface area contributed by atoms with Gasteiger partial charge >= 0.3 is 0 Å². The molecule has 0 saturated heterocycles. The zero-order chi connectivity index (χ0) is 16.4. The van der Waals surface area contributed by atoms with Gasteiger partial charge in [0.25, 0.3) is 5.56 Å². The maximum atomic E-state index is 12.7. The molecule has 2 aromatic heterocycles. The van der Waals surface area contributed by atoms with E-state index in [4.69, 9.17) is 0 Å². The number of amides is 1. The maximum Gasteiger partial charge on any atom is 0.251 e. The van der Waals surface area contributed by atoms with Crippen molar-refractivity contribution in [3.8, 4) is 0 Å². The standard InChI is InChI=1S/C17H19N3O2S/c1-20(2)15(12-6-8-23-10-12)17(22)19-13-3-4-14-11(9-13)5-7-18-16(14)21/h5-10,15H,3-4H2,1-2H3,(H,18,21)(H,19,22). The van der Waals surface area contributed by atoms with E-state index in [1.807, 2.05) is 48.0 Å². The van der Waals surface area contributed by atoms with Gasteiger partial charge in [-0.1, -0.05) is 0 Å². The molecular formula is C17H19N3O2S. The summed E-state index contributed by atoms with van der Waals surface area (Å²) < 4.78 is 0. The van der Waals surface area contributed by atoms with Crippen LogP contribution in [-0.4, -0.2) is 29.9 Å². The number of likely N-dealkylation sites (N-methyl/N-ethyl adjacent to an activating group) is 1. The number of nitrogens with one attached hydrogen (secondary N) is 2. The Bertz CT molecular complexity index is 790. The van der Waals surface area contributed by atoms with E-state index in [9.17, 15) is 9.59 Å². The molecule has 0 aliphatic heterocycles. The van der Waals surface area contributed by atoms with Crippen molar-refractivity contribution in [2.24, 2.45) is 0 Å². The molecule has 5 nitrogen and oxygen atoms in total. The third-order valence-electron chi connectivity index (χ3n) is 3.98. The van der Waals surface area contributed by atoms with E-state index in [1.54, 1.807) is 17.5 Å². The van der Waals surface area contributed by atoms with Crippen LogP contribution in [0, 0.1) is 0 Å². The van der Waals surface area contributed by atoms with Gasteiger partial charge in [0.15, 0.2) is 0 Å². The maximum absolute atomic E-state index is 12.7. The van der Waals surface area contributed by atoms with Crippen LogP contribution in [0.2, 0.25) is 0 Å². The minimum absolute atomic E-state index is 0.0476. The highest BCUT2D eigenvalue weighted by Gasteiger charge is 2.24. The van der Waals surface area contributed by atoms with Crippen LogP contribution in [0.15, 0.2) is 39.6 Å². The minimum atomic E-state index is -0.317. The molecule has 1 aliphatic carbocycles. The lowest BCUT2D eigenvalue weighted by Gasteiger charge is -2.24. The van der Waals surface area contributed by atoms with Gasteiger partial charge in [0.1, 0.15) is 6.04 Å². The third-order valence-corrected chi connectivity index (χ3v) is 4.68. The Morgan fingerprint density at radius 3 is 2.87 bits per heavy atom. The van der Waals surface area contributed by atoms with Crippen molar-refractivity contribution in [2.45, 2.75) is 18.9 Å². The number of hydrogen-bond donors (Lipinski definition) is 2. The SMILES string of the molecule is CN(C)C(C(=O)NC1=Cc2cc[nH]c(=O)c2CC1)c1ccsc1. The molecule has 0 saturated carbocycles. The second-order valence-corrected chi connectivity index (χ2v) is 6.60. The van der Waals surface area contributed by atoms with Crippen LogP contribution < -0.4 is 10.9 Å². The van der Waals surface area contributed by atoms with Crippen molar-refractivity contribution < 1.29 is 4.79 Å². The highest BCUT2D eigenvalue weighted by molar-refractivity contribution is 7.08. The number of allylic oxidation sites excluding steroid dienone is 1. The first kappa shape index (κ1) is 15.7. The average molecular weight is 329 g/mol. The van der Waals surface area contributed by atoms with Gasteiger partial charge in [-0.3, -0.25) is 14.5 Å². The summed E-state index contributed by atoms with van der Waals surface area (Å²) in [5.41, 5.74) is 3.47. The number of carbonyl (C=O) groups is 1. The number of aromatic amines is 1. The Labute approximate surface area is 138 Å². The van der Waals surface area contributed by atoms with E-state index in [2.05, 4.69) is 10.3 Å². The van der Waals surface area contributed by atoms with E-state index in [0.717, 1.165) is 22.4 Å². The largest absolute Gasteiger partial charge is 0.329 e. The molecule has 2 N–H and O–H groups in total. The van der Waals surface area contributed by atoms with Crippen LogP contribution in [0.25, 0.3) is 6.08 Å². The van der Waals surface area contributed by atoms with Crippen LogP contribution in [-0.2, 0) is 11.2 Å². The van der Waals surface area contributed by atoms with Gasteiger partial charge in [-0.25, -0.2) is 0 Å². The monoisotopic (exact) mass is 329 g/mol. The van der Waals surface area contributed by atoms with Gasteiger partial charge in [0.05, 0.1) is 0 Å². The lowest BCUT2D eigenvalue weighted by Crippen LogP contribution is -2.37. The molecule has 0 radical (unpaired) electrons. The van der Waals surface area contributed by atoms with Crippen molar-refractivity contribution in [3.63, 3.8) is 0 Å². The smallest absolute Gasteiger partial charge is 0.251 e. The van der Waals surface area contributed by atoms with Gasteiger partial charge in [-0.05, 0) is 67.0 Å². The summed E-state index contributed by atoms with van der Waals surface area (Å²) in [4.78, 5) is 29.0. The molecule has 1 aliphatic rings. The van der Waals surface area contributed by atoms with Crippen molar-refractivity contribution >= 4 is 23.3 Å². The normalized spacial score (nSPS) is 15.0. The summed E-state index contributed by atoms with van der Waals surface area (Å²) in [7, 11) is 3.79.